The topological polar surface area (TPSA) is 38.0 Å². The molecule has 0 fully saturated rings. The lowest BCUT2D eigenvalue weighted by molar-refractivity contribution is -0.210. The van der Waals surface area contributed by atoms with Crippen LogP contribution >= 0.6 is 0 Å². The molecular weight excluding hydrogens is 124 g/mol. The Balaban J connectivity index is 3.19. The maximum Gasteiger partial charge on any atom is 0.132 e. The SMILES string of the molecule is Cc1ccc(N=[NH2+])c(C)c1. The minimum atomic E-state index is 0.866. The second-order valence-electron chi connectivity index (χ2n) is 2.42. The van der Waals surface area contributed by atoms with E-state index in [4.69, 9.17) is 5.53 Å². The maximum absolute atomic E-state index is 5.13. The second kappa shape index (κ2) is 2.60. The highest BCUT2D eigenvalue weighted by molar-refractivity contribution is 5.45. The van der Waals surface area contributed by atoms with Gasteiger partial charge < -0.3 is 0 Å². The van der Waals surface area contributed by atoms with Gasteiger partial charge in [0.1, 0.15) is 5.69 Å². The highest BCUT2D eigenvalue weighted by atomic mass is 15.0. The molecule has 0 aliphatic heterocycles. The van der Waals surface area contributed by atoms with E-state index in [9.17, 15) is 0 Å². The molecule has 0 bridgehead atoms. The first-order chi connectivity index (χ1) is 4.74. The Kier molecular flexibility index (Phi) is 1.81. The Morgan fingerprint density at radius 2 is 2.00 bits per heavy atom. The molecule has 52 valence electrons. The van der Waals surface area contributed by atoms with Crippen molar-refractivity contribution >= 4 is 5.69 Å². The smallest absolute Gasteiger partial charge is 0.132 e. The molecule has 0 radical (unpaired) electrons. The Morgan fingerprint density at radius 3 is 2.50 bits per heavy atom. The van der Waals surface area contributed by atoms with Crippen LogP contribution in [0.15, 0.2) is 23.3 Å². The minimum absolute atomic E-state index is 0.866. The summed E-state index contributed by atoms with van der Waals surface area (Å²) in [6.07, 6.45) is 0. The lowest BCUT2D eigenvalue weighted by atomic mass is 10.1. The van der Waals surface area contributed by atoms with Crippen LogP contribution in [0.1, 0.15) is 11.1 Å². The predicted molar refractivity (Wildman–Crippen MR) is 39.9 cm³/mol. The van der Waals surface area contributed by atoms with Gasteiger partial charge in [0.05, 0.1) is 0 Å². The van der Waals surface area contributed by atoms with Crippen molar-refractivity contribution in [2.24, 2.45) is 5.11 Å². The standard InChI is InChI=1S/C8H10N2/c1-6-3-4-8(10-9)7(2)5-6/h3-5,9H,1-2H3/p+1. The van der Waals surface area contributed by atoms with Gasteiger partial charge in [-0.2, -0.15) is 5.53 Å². The number of hydrogen-bond acceptors (Lipinski definition) is 1. The molecule has 0 atom stereocenters. The van der Waals surface area contributed by atoms with E-state index < -0.39 is 0 Å². The molecule has 2 heteroatoms. The van der Waals surface area contributed by atoms with Crippen molar-refractivity contribution < 1.29 is 5.53 Å². The zero-order valence-electron chi connectivity index (χ0n) is 6.26. The van der Waals surface area contributed by atoms with Crippen molar-refractivity contribution in [1.29, 1.82) is 0 Å². The fourth-order valence-corrected chi connectivity index (χ4v) is 0.950. The van der Waals surface area contributed by atoms with Crippen molar-refractivity contribution in [3.8, 4) is 0 Å². The minimum Gasteiger partial charge on any atom is -0.152 e. The third kappa shape index (κ3) is 1.21. The zero-order chi connectivity index (χ0) is 7.56. The lowest BCUT2D eigenvalue weighted by Gasteiger charge is -1.95. The quantitative estimate of drug-likeness (QED) is 0.561. The summed E-state index contributed by atoms with van der Waals surface area (Å²) < 4.78 is 0. The fourth-order valence-electron chi connectivity index (χ4n) is 0.950. The molecule has 1 aromatic carbocycles. The van der Waals surface area contributed by atoms with Crippen molar-refractivity contribution in [3.63, 3.8) is 0 Å². The van der Waals surface area contributed by atoms with Crippen LogP contribution in [0.2, 0.25) is 0 Å². The van der Waals surface area contributed by atoms with Gasteiger partial charge in [0, 0.05) is 0 Å². The van der Waals surface area contributed by atoms with Crippen molar-refractivity contribution in [2.75, 3.05) is 0 Å². The second-order valence-corrected chi connectivity index (χ2v) is 2.42. The van der Waals surface area contributed by atoms with Crippen LogP contribution < -0.4 is 5.53 Å². The molecule has 1 rings (SSSR count). The number of rotatable bonds is 1. The van der Waals surface area contributed by atoms with Gasteiger partial charge in [0.15, 0.2) is 0 Å². The van der Waals surface area contributed by atoms with Gasteiger partial charge in [0.25, 0.3) is 0 Å². The first kappa shape index (κ1) is 6.93. The molecular formula is C8H11N2+. The van der Waals surface area contributed by atoms with Crippen LogP contribution in [0.25, 0.3) is 0 Å². The third-order valence-electron chi connectivity index (χ3n) is 1.49. The van der Waals surface area contributed by atoms with Crippen LogP contribution in [0, 0.1) is 13.8 Å². The molecule has 2 N–H and O–H groups in total. The van der Waals surface area contributed by atoms with Gasteiger partial charge in [-0.25, -0.2) is 0 Å². The molecule has 0 aliphatic carbocycles. The summed E-state index contributed by atoms with van der Waals surface area (Å²) in [6, 6.07) is 5.98. The van der Waals surface area contributed by atoms with Crippen LogP contribution in [-0.4, -0.2) is 0 Å². The largest absolute Gasteiger partial charge is 0.152 e. The molecule has 10 heavy (non-hydrogen) atoms. The van der Waals surface area contributed by atoms with Gasteiger partial charge in [-0.3, -0.25) is 0 Å². The monoisotopic (exact) mass is 135 g/mol. The van der Waals surface area contributed by atoms with Crippen molar-refractivity contribution in [3.05, 3.63) is 29.3 Å². The highest BCUT2D eigenvalue weighted by Crippen LogP contribution is 2.17. The third-order valence-corrected chi connectivity index (χ3v) is 1.49. The summed E-state index contributed by atoms with van der Waals surface area (Å²) in [7, 11) is 0. The molecule has 0 heterocycles. The van der Waals surface area contributed by atoms with Crippen LogP contribution in [0.4, 0.5) is 5.69 Å². The first-order valence-corrected chi connectivity index (χ1v) is 3.22. The van der Waals surface area contributed by atoms with E-state index in [0.717, 1.165) is 11.3 Å². The molecule has 0 saturated heterocycles. The Labute approximate surface area is 60.4 Å². The number of benzene rings is 1. The average molecular weight is 135 g/mol. The highest BCUT2D eigenvalue weighted by Gasteiger charge is 1.96. The van der Waals surface area contributed by atoms with Gasteiger partial charge >= 0.3 is 0 Å². The fraction of sp³-hybridized carbons (Fsp3) is 0.250. The number of aryl methyl sites for hydroxylation is 2. The Morgan fingerprint density at radius 1 is 1.30 bits per heavy atom. The predicted octanol–water partition coefficient (Wildman–Crippen LogP) is 1.15. The van der Waals surface area contributed by atoms with E-state index in [-0.39, 0.29) is 0 Å². The molecule has 0 saturated carbocycles. The molecule has 0 amide bonds. The van der Waals surface area contributed by atoms with Crippen molar-refractivity contribution in [1.82, 2.24) is 0 Å². The van der Waals surface area contributed by atoms with Gasteiger partial charge in [-0.05, 0) is 30.6 Å². The lowest BCUT2D eigenvalue weighted by Crippen LogP contribution is -2.22. The molecule has 1 aromatic rings. The first-order valence-electron chi connectivity index (χ1n) is 3.22. The summed E-state index contributed by atoms with van der Waals surface area (Å²) in [4.78, 5) is 0. The zero-order valence-corrected chi connectivity index (χ0v) is 6.26. The Hall–Kier alpha value is -1.18. The average Bonchev–Trinajstić information content (AvgIpc) is 1.88. The summed E-state index contributed by atoms with van der Waals surface area (Å²) in [5.41, 5.74) is 8.36. The Bertz CT molecular complexity index is 253. The summed E-state index contributed by atoms with van der Waals surface area (Å²) in [5, 5.41) is 3.61. The van der Waals surface area contributed by atoms with E-state index in [1.54, 1.807) is 0 Å². The van der Waals surface area contributed by atoms with E-state index in [0.29, 0.717) is 0 Å². The van der Waals surface area contributed by atoms with Crippen LogP contribution in [-0.2, 0) is 0 Å². The number of nitrogens with zero attached hydrogens (tertiary/aromatic N) is 1. The van der Waals surface area contributed by atoms with Crippen molar-refractivity contribution in [2.45, 2.75) is 13.8 Å². The molecule has 0 spiro atoms. The van der Waals surface area contributed by atoms with Gasteiger partial charge in [-0.1, -0.05) is 17.7 Å². The molecule has 2 nitrogen and oxygen atoms in total. The normalized spacial score (nSPS) is 9.40. The van der Waals surface area contributed by atoms with E-state index >= 15 is 0 Å². The van der Waals surface area contributed by atoms with Gasteiger partial charge in [0.2, 0.25) is 0 Å². The van der Waals surface area contributed by atoms with E-state index in [1.807, 2.05) is 26.0 Å². The van der Waals surface area contributed by atoms with E-state index in [1.165, 1.54) is 5.56 Å². The summed E-state index contributed by atoms with van der Waals surface area (Å²) in [5.74, 6) is 0. The summed E-state index contributed by atoms with van der Waals surface area (Å²) in [6.45, 7) is 4.05. The van der Waals surface area contributed by atoms with Gasteiger partial charge in [-0.15, -0.1) is 0 Å². The molecule has 0 aromatic heterocycles. The van der Waals surface area contributed by atoms with Crippen LogP contribution in [0.3, 0.4) is 0 Å². The summed E-state index contributed by atoms with van der Waals surface area (Å²) >= 11 is 0. The molecule has 0 aliphatic rings. The van der Waals surface area contributed by atoms with E-state index in [2.05, 4.69) is 11.2 Å². The number of hydrogen-bond donors (Lipinski definition) is 1. The maximum atomic E-state index is 5.13. The number of nitrogens with two attached hydrogens (primary N) is 1. The van der Waals surface area contributed by atoms with Crippen LogP contribution in [0.5, 0.6) is 0 Å². The molecule has 0 unspecified atom stereocenters.